The van der Waals surface area contributed by atoms with Crippen LogP contribution >= 0.6 is 11.3 Å². The van der Waals surface area contributed by atoms with Crippen LogP contribution in [0, 0.1) is 13.8 Å². The predicted molar refractivity (Wildman–Crippen MR) is 128 cm³/mol. The van der Waals surface area contributed by atoms with E-state index in [0.717, 1.165) is 28.3 Å². The minimum Gasteiger partial charge on any atom is -0.503 e. The first-order valence-corrected chi connectivity index (χ1v) is 11.7. The van der Waals surface area contributed by atoms with E-state index in [4.69, 9.17) is 4.74 Å². The van der Waals surface area contributed by atoms with Crippen LogP contribution in [0.2, 0.25) is 0 Å². The summed E-state index contributed by atoms with van der Waals surface area (Å²) >= 11 is 1.27. The van der Waals surface area contributed by atoms with E-state index in [9.17, 15) is 14.7 Å². The highest BCUT2D eigenvalue weighted by molar-refractivity contribution is 7.14. The number of rotatable bonds is 8. The summed E-state index contributed by atoms with van der Waals surface area (Å²) in [6, 6.07) is 16.2. The molecule has 0 aliphatic carbocycles. The van der Waals surface area contributed by atoms with Crippen LogP contribution < -0.4 is 4.74 Å². The molecule has 1 amide bonds. The fourth-order valence-electron chi connectivity index (χ4n) is 4.01. The first-order chi connectivity index (χ1) is 15.9. The molecule has 7 heteroatoms. The number of ether oxygens (including phenoxy) is 1. The fraction of sp³-hybridized carbons (Fsp3) is 0.269. The van der Waals surface area contributed by atoms with Crippen LogP contribution in [0.5, 0.6) is 5.75 Å². The number of hydrogen-bond donors (Lipinski definition) is 1. The number of aliphatic hydroxyl groups is 1. The Bertz CT molecular complexity index is 1200. The standard InChI is InChI=1S/C26H26N2O4S/c1-4-14-32-20-12-10-19(11-13-20)22-21(23(29)25-16(2)27-17(3)33-25)24(30)26(31)28(22)15-18-8-6-5-7-9-18/h5-13,22,30H,4,14-15H2,1-3H3. The van der Waals surface area contributed by atoms with E-state index < -0.39 is 17.7 Å². The lowest BCUT2D eigenvalue weighted by atomic mass is 9.94. The van der Waals surface area contributed by atoms with E-state index in [1.165, 1.54) is 11.3 Å². The van der Waals surface area contributed by atoms with Gasteiger partial charge < -0.3 is 14.7 Å². The number of carbonyl (C=O) groups excluding carboxylic acids is 2. The minimum atomic E-state index is -0.716. The van der Waals surface area contributed by atoms with Crippen LogP contribution in [0.3, 0.4) is 0 Å². The van der Waals surface area contributed by atoms with Gasteiger partial charge in [0.1, 0.15) is 5.75 Å². The molecule has 2 heterocycles. The van der Waals surface area contributed by atoms with Crippen LogP contribution in [0.25, 0.3) is 0 Å². The molecular formula is C26H26N2O4S. The molecule has 1 atom stereocenters. The lowest BCUT2D eigenvalue weighted by Gasteiger charge is -2.27. The summed E-state index contributed by atoms with van der Waals surface area (Å²) < 4.78 is 5.68. The number of Topliss-reactive ketones (excluding diaryl/α,β-unsaturated/α-hetero) is 1. The smallest absolute Gasteiger partial charge is 0.290 e. The molecule has 1 aromatic heterocycles. The molecular weight excluding hydrogens is 436 g/mol. The van der Waals surface area contributed by atoms with Crippen molar-refractivity contribution in [3.05, 3.63) is 92.6 Å². The zero-order chi connectivity index (χ0) is 23.5. The van der Waals surface area contributed by atoms with Crippen molar-refractivity contribution >= 4 is 23.0 Å². The second-order valence-electron chi connectivity index (χ2n) is 7.98. The van der Waals surface area contributed by atoms with Crippen molar-refractivity contribution in [1.82, 2.24) is 9.88 Å². The third kappa shape index (κ3) is 4.54. The molecule has 2 aromatic carbocycles. The highest BCUT2D eigenvalue weighted by Crippen LogP contribution is 2.41. The molecule has 33 heavy (non-hydrogen) atoms. The second kappa shape index (κ2) is 9.58. The number of ketones is 1. The molecule has 3 aromatic rings. The van der Waals surface area contributed by atoms with Gasteiger partial charge in [0.2, 0.25) is 5.78 Å². The number of benzene rings is 2. The summed E-state index contributed by atoms with van der Waals surface area (Å²) in [7, 11) is 0. The average molecular weight is 463 g/mol. The Hall–Kier alpha value is -3.45. The van der Waals surface area contributed by atoms with Gasteiger partial charge in [0.25, 0.3) is 5.91 Å². The molecule has 0 bridgehead atoms. The number of aromatic nitrogens is 1. The Morgan fingerprint density at radius 3 is 2.42 bits per heavy atom. The molecule has 0 saturated carbocycles. The molecule has 0 fully saturated rings. The number of hydrogen-bond acceptors (Lipinski definition) is 6. The van der Waals surface area contributed by atoms with Crippen molar-refractivity contribution in [2.45, 2.75) is 39.8 Å². The fourth-order valence-corrected chi connectivity index (χ4v) is 4.88. The Labute approximate surface area is 197 Å². The molecule has 1 N–H and O–H groups in total. The zero-order valence-corrected chi connectivity index (χ0v) is 19.7. The second-order valence-corrected chi connectivity index (χ2v) is 9.18. The topological polar surface area (TPSA) is 79.7 Å². The molecule has 1 aliphatic heterocycles. The van der Waals surface area contributed by atoms with E-state index >= 15 is 0 Å². The van der Waals surface area contributed by atoms with E-state index in [1.807, 2.05) is 68.4 Å². The molecule has 6 nitrogen and oxygen atoms in total. The highest BCUT2D eigenvalue weighted by atomic mass is 32.1. The Balaban J connectivity index is 1.76. The summed E-state index contributed by atoms with van der Waals surface area (Å²) in [4.78, 5) is 33.1. The lowest BCUT2D eigenvalue weighted by molar-refractivity contribution is -0.130. The van der Waals surface area contributed by atoms with Crippen LogP contribution in [0.1, 0.15) is 50.9 Å². The minimum absolute atomic E-state index is 0.0879. The van der Waals surface area contributed by atoms with Crippen molar-refractivity contribution in [3.8, 4) is 5.75 Å². The van der Waals surface area contributed by atoms with Gasteiger partial charge in [0, 0.05) is 6.54 Å². The van der Waals surface area contributed by atoms with Gasteiger partial charge in [-0.25, -0.2) is 4.98 Å². The van der Waals surface area contributed by atoms with Gasteiger partial charge in [-0.05, 0) is 43.5 Å². The van der Waals surface area contributed by atoms with E-state index in [2.05, 4.69) is 4.98 Å². The van der Waals surface area contributed by atoms with Gasteiger partial charge in [-0.1, -0.05) is 49.4 Å². The van der Waals surface area contributed by atoms with E-state index in [0.29, 0.717) is 17.2 Å². The lowest BCUT2D eigenvalue weighted by Crippen LogP contribution is -2.30. The molecule has 1 unspecified atom stereocenters. The monoisotopic (exact) mass is 462 g/mol. The van der Waals surface area contributed by atoms with Crippen molar-refractivity contribution in [3.63, 3.8) is 0 Å². The number of aliphatic hydroxyl groups excluding tert-OH is 1. The molecule has 4 rings (SSSR count). The van der Waals surface area contributed by atoms with Crippen LogP contribution in [0.4, 0.5) is 0 Å². The first-order valence-electron chi connectivity index (χ1n) is 10.9. The summed E-state index contributed by atoms with van der Waals surface area (Å²) in [6.07, 6.45) is 0.895. The van der Waals surface area contributed by atoms with Crippen LogP contribution in [0.15, 0.2) is 65.9 Å². The van der Waals surface area contributed by atoms with Crippen molar-refractivity contribution in [2.75, 3.05) is 6.61 Å². The number of carbonyl (C=O) groups is 2. The number of thiazole rings is 1. The number of amides is 1. The average Bonchev–Trinajstić information content (AvgIpc) is 3.28. The molecule has 0 saturated heterocycles. The van der Waals surface area contributed by atoms with Gasteiger partial charge in [0.15, 0.2) is 5.76 Å². The van der Waals surface area contributed by atoms with Gasteiger partial charge in [0.05, 0.1) is 33.8 Å². The van der Waals surface area contributed by atoms with Crippen LogP contribution in [-0.4, -0.2) is 33.3 Å². The third-order valence-corrected chi connectivity index (χ3v) is 6.59. The highest BCUT2D eigenvalue weighted by Gasteiger charge is 2.44. The van der Waals surface area contributed by atoms with Gasteiger partial charge in [-0.2, -0.15) is 0 Å². The Morgan fingerprint density at radius 1 is 1.12 bits per heavy atom. The van der Waals surface area contributed by atoms with E-state index in [-0.39, 0.29) is 17.9 Å². The van der Waals surface area contributed by atoms with Crippen molar-refractivity contribution in [2.24, 2.45) is 0 Å². The summed E-state index contributed by atoms with van der Waals surface area (Å²) in [5.74, 6) is -0.708. The van der Waals surface area contributed by atoms with Gasteiger partial charge in [-0.3, -0.25) is 9.59 Å². The molecule has 0 radical (unpaired) electrons. The van der Waals surface area contributed by atoms with Gasteiger partial charge in [-0.15, -0.1) is 11.3 Å². The molecule has 1 aliphatic rings. The van der Waals surface area contributed by atoms with Crippen molar-refractivity contribution < 1.29 is 19.4 Å². The molecule has 0 spiro atoms. The largest absolute Gasteiger partial charge is 0.503 e. The third-order valence-electron chi connectivity index (χ3n) is 5.52. The maximum atomic E-state index is 13.6. The normalized spacial score (nSPS) is 15.9. The maximum Gasteiger partial charge on any atom is 0.290 e. The number of aryl methyl sites for hydroxylation is 2. The Morgan fingerprint density at radius 2 is 1.82 bits per heavy atom. The molecule has 170 valence electrons. The summed E-state index contributed by atoms with van der Waals surface area (Å²) in [5, 5.41) is 11.6. The summed E-state index contributed by atoms with van der Waals surface area (Å²) in [6.45, 7) is 6.50. The van der Waals surface area contributed by atoms with Gasteiger partial charge >= 0.3 is 0 Å². The van der Waals surface area contributed by atoms with Crippen molar-refractivity contribution in [1.29, 1.82) is 0 Å². The predicted octanol–water partition coefficient (Wildman–Crippen LogP) is 5.33. The maximum absolute atomic E-state index is 13.6. The Kier molecular flexibility index (Phi) is 6.60. The first kappa shape index (κ1) is 22.7. The van der Waals surface area contributed by atoms with Crippen LogP contribution in [-0.2, 0) is 11.3 Å². The SMILES string of the molecule is CCCOc1ccc(C2C(C(=O)c3sc(C)nc3C)=C(O)C(=O)N2Cc2ccccc2)cc1. The van der Waals surface area contributed by atoms with E-state index in [1.54, 1.807) is 11.8 Å². The summed E-state index contributed by atoms with van der Waals surface area (Å²) in [5.41, 5.74) is 2.32. The zero-order valence-electron chi connectivity index (χ0n) is 18.9. The quantitative estimate of drug-likeness (QED) is 0.458. The number of nitrogens with zero attached hydrogens (tertiary/aromatic N) is 2.